The average molecular weight is 304 g/mol. The molecule has 0 bridgehead atoms. The number of hydrogen-bond donors (Lipinski definition) is 1. The highest BCUT2D eigenvalue weighted by Gasteiger charge is 2.18. The molecule has 0 unspecified atom stereocenters. The van der Waals surface area contributed by atoms with Crippen molar-refractivity contribution in [1.82, 2.24) is 0 Å². The zero-order chi connectivity index (χ0) is 12.8. The summed E-state index contributed by atoms with van der Waals surface area (Å²) in [5, 5.41) is 24.9. The van der Waals surface area contributed by atoms with Gasteiger partial charge in [-0.3, -0.25) is 20.2 Å². The fourth-order valence-electron chi connectivity index (χ4n) is 1.22. The lowest BCUT2D eigenvalue weighted by Crippen LogP contribution is -2.05. The summed E-state index contributed by atoms with van der Waals surface area (Å²) < 4.78 is 0. The predicted octanol–water partition coefficient (Wildman–Crippen LogP) is 2.70. The maximum absolute atomic E-state index is 10.8. The summed E-state index contributed by atoms with van der Waals surface area (Å²) in [6.07, 6.45) is 0.800. The summed E-state index contributed by atoms with van der Waals surface area (Å²) in [5.74, 6) is 0. The van der Waals surface area contributed by atoms with Crippen LogP contribution in [-0.2, 0) is 0 Å². The first kappa shape index (κ1) is 13.4. The van der Waals surface area contributed by atoms with E-state index in [1.54, 1.807) is 0 Å². The van der Waals surface area contributed by atoms with Crippen LogP contribution in [0.3, 0.4) is 0 Å². The molecule has 0 aliphatic carbocycles. The van der Waals surface area contributed by atoms with E-state index in [1.807, 2.05) is 0 Å². The Morgan fingerprint density at radius 2 is 1.94 bits per heavy atom. The van der Waals surface area contributed by atoms with Crippen LogP contribution in [0.2, 0.25) is 0 Å². The smallest absolute Gasteiger partial charge is 0.299 e. The van der Waals surface area contributed by atoms with Crippen LogP contribution in [-0.4, -0.2) is 21.7 Å². The number of rotatable bonds is 6. The quantitative estimate of drug-likeness (QED) is 0.377. The second-order valence-electron chi connectivity index (χ2n) is 3.18. The Morgan fingerprint density at radius 1 is 1.24 bits per heavy atom. The van der Waals surface area contributed by atoms with E-state index in [0.29, 0.717) is 12.2 Å². The number of non-ortho nitro benzene ring substituents is 1. The number of nitrogens with one attached hydrogen (secondary N) is 1. The summed E-state index contributed by atoms with van der Waals surface area (Å²) in [4.78, 5) is 20.0. The first-order chi connectivity index (χ1) is 8.06. The Bertz CT molecular complexity index is 438. The maximum atomic E-state index is 10.8. The van der Waals surface area contributed by atoms with E-state index < -0.39 is 9.85 Å². The Morgan fingerprint density at radius 3 is 2.47 bits per heavy atom. The average Bonchev–Trinajstić information content (AvgIpc) is 2.29. The van der Waals surface area contributed by atoms with E-state index >= 15 is 0 Å². The summed E-state index contributed by atoms with van der Waals surface area (Å²) in [7, 11) is 0. The van der Waals surface area contributed by atoms with Crippen LogP contribution in [0.25, 0.3) is 0 Å². The van der Waals surface area contributed by atoms with Crippen molar-refractivity contribution >= 4 is 33.0 Å². The lowest BCUT2D eigenvalue weighted by Gasteiger charge is -2.05. The molecule has 1 N–H and O–H groups in total. The number of halogens is 1. The van der Waals surface area contributed by atoms with Crippen LogP contribution < -0.4 is 5.32 Å². The molecule has 0 fully saturated rings. The molecule has 92 valence electrons. The minimum absolute atomic E-state index is 0.284. The van der Waals surface area contributed by atoms with Crippen molar-refractivity contribution in [3.05, 3.63) is 38.4 Å². The van der Waals surface area contributed by atoms with Crippen LogP contribution in [0, 0.1) is 20.2 Å². The van der Waals surface area contributed by atoms with Crippen molar-refractivity contribution in [2.24, 2.45) is 0 Å². The third kappa shape index (κ3) is 3.66. The van der Waals surface area contributed by atoms with Gasteiger partial charge in [0.05, 0.1) is 15.9 Å². The molecule has 17 heavy (non-hydrogen) atoms. The van der Waals surface area contributed by atoms with Gasteiger partial charge in [-0.05, 0) is 12.5 Å². The van der Waals surface area contributed by atoms with Gasteiger partial charge in [-0.25, -0.2) is 0 Å². The third-order valence-corrected chi connectivity index (χ3v) is 2.58. The van der Waals surface area contributed by atoms with Crippen molar-refractivity contribution < 1.29 is 9.85 Å². The molecule has 0 atom stereocenters. The predicted molar refractivity (Wildman–Crippen MR) is 66.7 cm³/mol. The van der Waals surface area contributed by atoms with Crippen molar-refractivity contribution in [3.8, 4) is 0 Å². The van der Waals surface area contributed by atoms with Gasteiger partial charge in [0.15, 0.2) is 0 Å². The fourth-order valence-corrected chi connectivity index (χ4v) is 1.50. The van der Waals surface area contributed by atoms with Crippen molar-refractivity contribution in [3.63, 3.8) is 0 Å². The number of nitro benzene ring substituents is 2. The first-order valence-corrected chi connectivity index (χ1v) is 5.91. The minimum atomic E-state index is -0.657. The molecule has 0 heterocycles. The fraction of sp³-hybridized carbons (Fsp3) is 0.333. The zero-order valence-electron chi connectivity index (χ0n) is 8.76. The number of nitro groups is 2. The van der Waals surface area contributed by atoms with Gasteiger partial charge in [0.25, 0.3) is 11.4 Å². The zero-order valence-corrected chi connectivity index (χ0v) is 10.3. The van der Waals surface area contributed by atoms with Crippen LogP contribution in [0.15, 0.2) is 18.2 Å². The van der Waals surface area contributed by atoms with E-state index in [1.165, 1.54) is 12.1 Å². The third-order valence-electron chi connectivity index (χ3n) is 2.01. The van der Waals surface area contributed by atoms with Gasteiger partial charge < -0.3 is 5.32 Å². The van der Waals surface area contributed by atoms with Gasteiger partial charge in [-0.2, -0.15) is 0 Å². The Balaban J connectivity index is 2.96. The van der Waals surface area contributed by atoms with Gasteiger partial charge in [0.1, 0.15) is 5.69 Å². The van der Waals surface area contributed by atoms with E-state index in [4.69, 9.17) is 0 Å². The second kappa shape index (κ2) is 6.14. The molecular weight excluding hydrogens is 294 g/mol. The normalized spacial score (nSPS) is 9.94. The highest BCUT2D eigenvalue weighted by atomic mass is 79.9. The molecule has 0 aromatic heterocycles. The maximum Gasteiger partial charge on any atom is 0.299 e. The van der Waals surface area contributed by atoms with E-state index in [2.05, 4.69) is 21.2 Å². The topological polar surface area (TPSA) is 98.3 Å². The van der Waals surface area contributed by atoms with Gasteiger partial charge in [-0.1, -0.05) is 15.9 Å². The molecule has 0 aliphatic heterocycles. The molecule has 0 amide bonds. The summed E-state index contributed by atoms with van der Waals surface area (Å²) in [6.45, 7) is 0.559. The molecule has 1 rings (SSSR count). The Kier molecular flexibility index (Phi) is 4.83. The molecule has 0 saturated carbocycles. The SMILES string of the molecule is O=[N+]([O-])c1ccc(NCCCBr)c([N+](=O)[O-])c1. The molecule has 0 radical (unpaired) electrons. The highest BCUT2D eigenvalue weighted by Crippen LogP contribution is 2.28. The molecule has 0 spiro atoms. The second-order valence-corrected chi connectivity index (χ2v) is 3.98. The van der Waals surface area contributed by atoms with Crippen LogP contribution >= 0.6 is 15.9 Å². The monoisotopic (exact) mass is 303 g/mol. The molecule has 8 heteroatoms. The number of anilines is 1. The minimum Gasteiger partial charge on any atom is -0.379 e. The molecule has 1 aromatic rings. The highest BCUT2D eigenvalue weighted by molar-refractivity contribution is 9.09. The lowest BCUT2D eigenvalue weighted by molar-refractivity contribution is -0.393. The number of benzene rings is 1. The van der Waals surface area contributed by atoms with Gasteiger partial charge in [0.2, 0.25) is 0 Å². The molecule has 0 saturated heterocycles. The first-order valence-electron chi connectivity index (χ1n) is 4.79. The van der Waals surface area contributed by atoms with Gasteiger partial charge >= 0.3 is 0 Å². The largest absolute Gasteiger partial charge is 0.379 e. The number of alkyl halides is 1. The van der Waals surface area contributed by atoms with Crippen LogP contribution in [0.4, 0.5) is 17.1 Å². The molecular formula is C9H10BrN3O4. The van der Waals surface area contributed by atoms with Crippen LogP contribution in [0.1, 0.15) is 6.42 Å². The van der Waals surface area contributed by atoms with E-state index in [0.717, 1.165) is 17.8 Å². The van der Waals surface area contributed by atoms with E-state index in [-0.39, 0.29) is 11.4 Å². The molecule has 0 aliphatic rings. The summed E-state index contributed by atoms with van der Waals surface area (Å²) >= 11 is 3.24. The molecule has 1 aromatic carbocycles. The number of nitrogens with zero attached hydrogens (tertiary/aromatic N) is 2. The summed E-state index contributed by atoms with van der Waals surface area (Å²) in [5.41, 5.74) is -0.280. The standard InChI is InChI=1S/C9H10BrN3O4/c10-4-1-5-11-8-3-2-7(12(14)15)6-9(8)13(16)17/h2-3,6,11H,1,4-5H2. The van der Waals surface area contributed by atoms with Gasteiger partial charge in [0, 0.05) is 17.9 Å². The lowest BCUT2D eigenvalue weighted by atomic mass is 10.2. The molecule has 7 nitrogen and oxygen atoms in total. The Hall–Kier alpha value is -1.70. The Labute approximate surface area is 105 Å². The van der Waals surface area contributed by atoms with Crippen LogP contribution in [0.5, 0.6) is 0 Å². The van der Waals surface area contributed by atoms with E-state index in [9.17, 15) is 20.2 Å². The van der Waals surface area contributed by atoms with Crippen molar-refractivity contribution in [2.45, 2.75) is 6.42 Å². The summed E-state index contributed by atoms with van der Waals surface area (Å²) in [6, 6.07) is 3.55. The van der Waals surface area contributed by atoms with Crippen molar-refractivity contribution in [1.29, 1.82) is 0 Å². The van der Waals surface area contributed by atoms with Gasteiger partial charge in [-0.15, -0.1) is 0 Å². The number of hydrogen-bond acceptors (Lipinski definition) is 5. The van der Waals surface area contributed by atoms with Crippen molar-refractivity contribution in [2.75, 3.05) is 17.2 Å².